The van der Waals surface area contributed by atoms with Crippen molar-refractivity contribution in [3.05, 3.63) is 224 Å². The molecule has 10 aromatic carbocycles. The molecule has 0 radical (unpaired) electrons. The van der Waals surface area contributed by atoms with Crippen molar-refractivity contribution in [1.82, 2.24) is 0 Å². The van der Waals surface area contributed by atoms with Crippen molar-refractivity contribution >= 4 is 49.4 Å². The molecule has 1 nitrogen and oxygen atoms in total. The minimum Gasteiger partial charge on any atom is -0.310 e. The smallest absolute Gasteiger partial charge is 0.0468 e. The monoisotopic (exact) mass is 699 g/mol. The molecule has 0 aliphatic heterocycles. The van der Waals surface area contributed by atoms with Crippen LogP contribution >= 0.6 is 0 Å². The Labute approximate surface area is 322 Å². The van der Waals surface area contributed by atoms with Gasteiger partial charge in [-0.3, -0.25) is 0 Å². The largest absolute Gasteiger partial charge is 0.310 e. The van der Waals surface area contributed by atoms with Crippen molar-refractivity contribution in [3.63, 3.8) is 0 Å². The molecular formula is C54H37N. The summed E-state index contributed by atoms with van der Waals surface area (Å²) in [7, 11) is 0. The lowest BCUT2D eigenvalue weighted by molar-refractivity contribution is 1.28. The summed E-state index contributed by atoms with van der Waals surface area (Å²) in [5.74, 6) is 0. The number of anilines is 3. The van der Waals surface area contributed by atoms with Crippen LogP contribution in [0.15, 0.2) is 224 Å². The highest BCUT2D eigenvalue weighted by molar-refractivity contribution is 6.14. The first kappa shape index (κ1) is 32.4. The Kier molecular flexibility index (Phi) is 8.24. The number of benzene rings is 10. The molecule has 0 saturated heterocycles. The molecule has 1 heteroatoms. The van der Waals surface area contributed by atoms with Crippen molar-refractivity contribution < 1.29 is 0 Å². The van der Waals surface area contributed by atoms with Gasteiger partial charge >= 0.3 is 0 Å². The van der Waals surface area contributed by atoms with Crippen LogP contribution in [0.25, 0.3) is 76.8 Å². The number of nitrogens with zero attached hydrogens (tertiary/aromatic N) is 1. The summed E-state index contributed by atoms with van der Waals surface area (Å²) >= 11 is 0. The molecule has 258 valence electrons. The second-order valence-corrected chi connectivity index (χ2v) is 14.1. The van der Waals surface area contributed by atoms with Crippen molar-refractivity contribution in [3.8, 4) is 44.5 Å². The lowest BCUT2D eigenvalue weighted by Crippen LogP contribution is -2.10. The van der Waals surface area contributed by atoms with Crippen LogP contribution in [0.5, 0.6) is 0 Å². The van der Waals surface area contributed by atoms with Gasteiger partial charge in [0.25, 0.3) is 0 Å². The Hall–Kier alpha value is -7.22. The predicted octanol–water partition coefficient (Wildman–Crippen LogP) is 15.3. The minimum absolute atomic E-state index is 1.09. The lowest BCUT2D eigenvalue weighted by Gasteiger charge is -2.28. The maximum absolute atomic E-state index is 2.42. The summed E-state index contributed by atoms with van der Waals surface area (Å²) in [6.07, 6.45) is 0. The van der Waals surface area contributed by atoms with E-state index in [1.807, 2.05) is 0 Å². The van der Waals surface area contributed by atoms with Gasteiger partial charge in [-0.1, -0.05) is 182 Å². The van der Waals surface area contributed by atoms with Crippen LogP contribution in [0.2, 0.25) is 0 Å². The van der Waals surface area contributed by atoms with Gasteiger partial charge in [-0.15, -0.1) is 0 Å². The maximum atomic E-state index is 2.42. The van der Waals surface area contributed by atoms with E-state index in [1.165, 1.54) is 76.8 Å². The molecule has 10 rings (SSSR count). The van der Waals surface area contributed by atoms with Gasteiger partial charge in [0.05, 0.1) is 0 Å². The molecule has 0 amide bonds. The van der Waals surface area contributed by atoms with Crippen LogP contribution in [-0.2, 0) is 0 Å². The molecule has 0 saturated carbocycles. The first-order valence-electron chi connectivity index (χ1n) is 18.9. The van der Waals surface area contributed by atoms with E-state index >= 15 is 0 Å². The first-order chi connectivity index (χ1) is 27.3. The third kappa shape index (κ3) is 6.02. The number of hydrogen-bond donors (Lipinski definition) is 0. The topological polar surface area (TPSA) is 3.24 Å². The van der Waals surface area contributed by atoms with Crippen LogP contribution < -0.4 is 4.90 Å². The second kappa shape index (κ2) is 14.0. The molecule has 0 unspecified atom stereocenters. The highest BCUT2D eigenvalue weighted by atomic mass is 15.1. The molecule has 0 atom stereocenters. The fourth-order valence-corrected chi connectivity index (χ4v) is 8.24. The number of rotatable bonds is 7. The average molecular weight is 700 g/mol. The van der Waals surface area contributed by atoms with Crippen molar-refractivity contribution in [1.29, 1.82) is 0 Å². The van der Waals surface area contributed by atoms with Gasteiger partial charge in [-0.05, 0) is 119 Å². The average Bonchev–Trinajstić information content (AvgIpc) is 3.27. The summed E-state index contributed by atoms with van der Waals surface area (Å²) in [4.78, 5) is 2.42. The second-order valence-electron chi connectivity index (χ2n) is 14.1. The Bertz CT molecular complexity index is 2980. The van der Waals surface area contributed by atoms with Crippen molar-refractivity contribution in [2.75, 3.05) is 4.90 Å². The van der Waals surface area contributed by atoms with Gasteiger partial charge in [0.15, 0.2) is 0 Å². The molecule has 0 spiro atoms. The van der Waals surface area contributed by atoms with Crippen molar-refractivity contribution in [2.45, 2.75) is 0 Å². The van der Waals surface area contributed by atoms with E-state index in [2.05, 4.69) is 229 Å². The third-order valence-electron chi connectivity index (χ3n) is 10.8. The number of hydrogen-bond acceptors (Lipinski definition) is 1. The molecule has 0 aromatic heterocycles. The highest BCUT2D eigenvalue weighted by Gasteiger charge is 2.19. The van der Waals surface area contributed by atoms with E-state index in [4.69, 9.17) is 0 Å². The van der Waals surface area contributed by atoms with Crippen LogP contribution in [0.1, 0.15) is 0 Å². The molecule has 0 fully saturated rings. The molecule has 0 aliphatic rings. The molecule has 0 aliphatic carbocycles. The predicted molar refractivity (Wildman–Crippen MR) is 235 cm³/mol. The summed E-state index contributed by atoms with van der Waals surface area (Å²) in [5, 5.41) is 7.52. The standard InChI is InChI=1S/C54H37N/c1-3-16-38(17-4-1)50-33-32-46(37-54(50)40-18-5-2-6-19-40)55(44-25-13-23-41(34-44)48-31-15-22-39-20-7-9-27-47(39)48)45-26-14-24-42(35-45)53-36-43-21-8-10-28-49(43)51-29-11-12-30-52(51)53/h1-37H. The van der Waals surface area contributed by atoms with Gasteiger partial charge in [-0.25, -0.2) is 0 Å². The van der Waals surface area contributed by atoms with E-state index in [1.54, 1.807) is 0 Å². The fourth-order valence-electron chi connectivity index (χ4n) is 8.24. The zero-order chi connectivity index (χ0) is 36.6. The summed E-state index contributed by atoms with van der Waals surface area (Å²) in [5.41, 5.74) is 12.9. The number of fused-ring (bicyclic) bond motifs is 4. The lowest BCUT2D eigenvalue weighted by atomic mass is 9.92. The molecule has 0 N–H and O–H groups in total. The maximum Gasteiger partial charge on any atom is 0.0468 e. The van der Waals surface area contributed by atoms with E-state index in [0.29, 0.717) is 0 Å². The zero-order valence-electron chi connectivity index (χ0n) is 30.3. The summed E-state index contributed by atoms with van der Waals surface area (Å²) in [6.45, 7) is 0. The third-order valence-corrected chi connectivity index (χ3v) is 10.8. The van der Waals surface area contributed by atoms with Crippen LogP contribution in [0, 0.1) is 0 Å². The van der Waals surface area contributed by atoms with Gasteiger partial charge < -0.3 is 4.90 Å². The normalized spacial score (nSPS) is 11.3. The zero-order valence-corrected chi connectivity index (χ0v) is 30.3. The van der Waals surface area contributed by atoms with E-state index < -0.39 is 0 Å². The van der Waals surface area contributed by atoms with Crippen LogP contribution in [0.4, 0.5) is 17.1 Å². The van der Waals surface area contributed by atoms with Gasteiger partial charge in [0, 0.05) is 17.1 Å². The minimum atomic E-state index is 1.09. The van der Waals surface area contributed by atoms with E-state index in [-0.39, 0.29) is 0 Å². The fraction of sp³-hybridized carbons (Fsp3) is 0. The van der Waals surface area contributed by atoms with E-state index in [0.717, 1.165) is 17.1 Å². The highest BCUT2D eigenvalue weighted by Crippen LogP contribution is 2.44. The molecule has 55 heavy (non-hydrogen) atoms. The summed E-state index contributed by atoms with van der Waals surface area (Å²) < 4.78 is 0. The van der Waals surface area contributed by atoms with Crippen LogP contribution in [0.3, 0.4) is 0 Å². The Balaban J connectivity index is 1.20. The van der Waals surface area contributed by atoms with Gasteiger partial charge in [-0.2, -0.15) is 0 Å². The molecule has 10 aromatic rings. The SMILES string of the molecule is c1ccc(-c2ccc(N(c3cccc(-c4cccc5ccccc45)c3)c3cccc(-c4cc5ccccc5c5ccccc45)c3)cc2-c2ccccc2)cc1. The van der Waals surface area contributed by atoms with Gasteiger partial charge in [0.1, 0.15) is 0 Å². The van der Waals surface area contributed by atoms with Crippen LogP contribution in [-0.4, -0.2) is 0 Å². The molecule has 0 bridgehead atoms. The molecular weight excluding hydrogens is 663 g/mol. The Morgan fingerprint density at radius 2 is 0.709 bits per heavy atom. The Morgan fingerprint density at radius 1 is 0.218 bits per heavy atom. The van der Waals surface area contributed by atoms with Crippen molar-refractivity contribution in [2.24, 2.45) is 0 Å². The summed E-state index contributed by atoms with van der Waals surface area (Å²) in [6, 6.07) is 81.5. The van der Waals surface area contributed by atoms with E-state index in [9.17, 15) is 0 Å². The first-order valence-corrected chi connectivity index (χ1v) is 18.9. The quantitative estimate of drug-likeness (QED) is 0.150. The van der Waals surface area contributed by atoms with Gasteiger partial charge in [0.2, 0.25) is 0 Å². The molecule has 0 heterocycles. The Morgan fingerprint density at radius 3 is 1.42 bits per heavy atom.